The van der Waals surface area contributed by atoms with E-state index in [0.717, 1.165) is 24.5 Å². The van der Waals surface area contributed by atoms with Crippen LogP contribution < -0.4 is 5.32 Å². The van der Waals surface area contributed by atoms with E-state index >= 15 is 0 Å². The predicted molar refractivity (Wildman–Crippen MR) is 114 cm³/mol. The van der Waals surface area contributed by atoms with Crippen LogP contribution in [0.2, 0.25) is 0 Å². The number of hydrogen-bond acceptors (Lipinski definition) is 6. The second kappa shape index (κ2) is 9.41. The molecule has 3 aromatic rings. The number of nitrogens with zero attached hydrogens (tertiary/aromatic N) is 4. The van der Waals surface area contributed by atoms with Crippen molar-refractivity contribution < 1.29 is 14.6 Å². The first-order valence-electron chi connectivity index (χ1n) is 10.3. The molecule has 2 N–H and O–H groups in total. The molecular formula is C23H23N5O3. The molecule has 0 saturated heterocycles. The second-order valence-corrected chi connectivity index (χ2v) is 7.52. The van der Waals surface area contributed by atoms with Crippen molar-refractivity contribution in [3.8, 4) is 28.9 Å². The lowest BCUT2D eigenvalue weighted by atomic mass is 10.1. The number of hydrogen-bond donors (Lipinski definition) is 2. The molecule has 1 aliphatic carbocycles. The monoisotopic (exact) mass is 417 g/mol. The first kappa shape index (κ1) is 20.6. The minimum atomic E-state index is -0.204. The van der Waals surface area contributed by atoms with Crippen LogP contribution in [-0.4, -0.2) is 45.5 Å². The second-order valence-electron chi connectivity index (χ2n) is 7.52. The zero-order valence-electron chi connectivity index (χ0n) is 17.0. The molecule has 0 spiro atoms. The molecule has 4 rings (SSSR count). The lowest BCUT2D eigenvalue weighted by molar-refractivity contribution is 0.0937. The molecule has 158 valence electrons. The first-order valence-corrected chi connectivity index (χ1v) is 10.3. The van der Waals surface area contributed by atoms with E-state index in [2.05, 4.69) is 21.5 Å². The van der Waals surface area contributed by atoms with Gasteiger partial charge in [-0.05, 0) is 55.0 Å². The van der Waals surface area contributed by atoms with Gasteiger partial charge in [-0.2, -0.15) is 15.0 Å². The summed E-state index contributed by atoms with van der Waals surface area (Å²) >= 11 is 0. The molecule has 0 unspecified atom stereocenters. The van der Waals surface area contributed by atoms with Crippen molar-refractivity contribution in [1.82, 2.24) is 20.1 Å². The third kappa shape index (κ3) is 5.08. The van der Waals surface area contributed by atoms with E-state index in [9.17, 15) is 9.90 Å². The fourth-order valence-electron chi connectivity index (χ4n) is 3.10. The molecule has 1 fully saturated rings. The highest BCUT2D eigenvalue weighted by atomic mass is 16.5. The fourth-order valence-corrected chi connectivity index (χ4v) is 3.10. The van der Waals surface area contributed by atoms with Crippen LogP contribution in [0.15, 0.2) is 48.8 Å². The summed E-state index contributed by atoms with van der Waals surface area (Å²) in [6.07, 6.45) is 6.30. The van der Waals surface area contributed by atoms with Crippen molar-refractivity contribution in [1.29, 1.82) is 5.26 Å². The van der Waals surface area contributed by atoms with Gasteiger partial charge in [0.15, 0.2) is 5.82 Å². The van der Waals surface area contributed by atoms with Crippen molar-refractivity contribution in [2.24, 2.45) is 5.92 Å². The smallest absolute Gasteiger partial charge is 0.252 e. The van der Waals surface area contributed by atoms with E-state index in [0.29, 0.717) is 35.7 Å². The quantitative estimate of drug-likeness (QED) is 0.518. The van der Waals surface area contributed by atoms with E-state index in [4.69, 9.17) is 10.00 Å². The van der Waals surface area contributed by atoms with Gasteiger partial charge in [-0.3, -0.25) is 4.79 Å². The molecule has 8 nitrogen and oxygen atoms in total. The highest BCUT2D eigenvalue weighted by molar-refractivity contribution is 5.93. The fraction of sp³-hybridized carbons (Fsp3) is 0.304. The molecule has 2 aromatic heterocycles. The lowest BCUT2D eigenvalue weighted by Crippen LogP contribution is -2.25. The minimum Gasteiger partial charge on any atom is -0.493 e. The number of carbonyl (C=O) groups excluding carboxylic acids is 1. The van der Waals surface area contributed by atoms with Crippen LogP contribution in [-0.2, 0) is 4.74 Å². The highest BCUT2D eigenvalue weighted by Crippen LogP contribution is 2.30. The number of benzene rings is 1. The van der Waals surface area contributed by atoms with Gasteiger partial charge < -0.3 is 15.2 Å². The summed E-state index contributed by atoms with van der Waals surface area (Å²) in [5.74, 6) is 0.862. The lowest BCUT2D eigenvalue weighted by Gasteiger charge is -2.07. The van der Waals surface area contributed by atoms with Gasteiger partial charge >= 0.3 is 0 Å². The first-order chi connectivity index (χ1) is 15.2. The van der Waals surface area contributed by atoms with Gasteiger partial charge in [0.25, 0.3) is 5.91 Å². The number of amides is 1. The Kier molecular flexibility index (Phi) is 6.24. The molecule has 0 radical (unpaired) electrons. The number of ether oxygens (including phenoxy) is 1. The molecule has 0 bridgehead atoms. The Balaban J connectivity index is 1.34. The van der Waals surface area contributed by atoms with E-state index in [1.165, 1.54) is 29.9 Å². The van der Waals surface area contributed by atoms with E-state index < -0.39 is 0 Å². The Hall–Kier alpha value is -3.70. The molecule has 8 heteroatoms. The van der Waals surface area contributed by atoms with Crippen LogP contribution in [0, 0.1) is 17.2 Å². The van der Waals surface area contributed by atoms with Crippen molar-refractivity contribution in [3.63, 3.8) is 0 Å². The Morgan fingerprint density at radius 3 is 2.71 bits per heavy atom. The average Bonchev–Trinajstić information content (AvgIpc) is 3.56. The SMILES string of the molecule is N#Cc1ccc(-c2cnn(-c3ccc(C(=O)NCCCOCC4CC4)cn3)c2O)cc1. The maximum atomic E-state index is 12.3. The molecule has 0 aliphatic heterocycles. The number of aromatic nitrogens is 3. The number of rotatable bonds is 9. The molecule has 31 heavy (non-hydrogen) atoms. The van der Waals surface area contributed by atoms with Gasteiger partial charge in [0.05, 0.1) is 29.0 Å². The van der Waals surface area contributed by atoms with Gasteiger partial charge in [-0.1, -0.05) is 12.1 Å². The average molecular weight is 417 g/mol. The summed E-state index contributed by atoms with van der Waals surface area (Å²) in [7, 11) is 0. The van der Waals surface area contributed by atoms with E-state index in [-0.39, 0.29) is 11.8 Å². The van der Waals surface area contributed by atoms with Gasteiger partial charge in [0, 0.05) is 26.0 Å². The van der Waals surface area contributed by atoms with Gasteiger partial charge in [-0.15, -0.1) is 0 Å². The largest absolute Gasteiger partial charge is 0.493 e. The standard InChI is InChI=1S/C23H23N5O3/c24-12-16-4-6-18(7-5-16)20-14-27-28(23(20)30)21-9-8-19(13-26-21)22(29)25-10-1-11-31-15-17-2-3-17/h4-9,13-14,17,30H,1-3,10-11,15H2,(H,25,29). The van der Waals surface area contributed by atoms with E-state index in [1.54, 1.807) is 36.4 Å². The van der Waals surface area contributed by atoms with Crippen LogP contribution in [0.3, 0.4) is 0 Å². The number of nitrogens with one attached hydrogen (secondary N) is 1. The van der Waals surface area contributed by atoms with E-state index in [1.807, 2.05) is 0 Å². The summed E-state index contributed by atoms with van der Waals surface area (Å²) in [4.78, 5) is 16.5. The molecular weight excluding hydrogens is 394 g/mol. The van der Waals surface area contributed by atoms with Gasteiger partial charge in [0.1, 0.15) is 0 Å². The van der Waals surface area contributed by atoms with Crippen LogP contribution in [0.25, 0.3) is 16.9 Å². The summed E-state index contributed by atoms with van der Waals surface area (Å²) in [6, 6.07) is 12.2. The minimum absolute atomic E-state index is 0.0689. The Morgan fingerprint density at radius 1 is 1.23 bits per heavy atom. The van der Waals surface area contributed by atoms with Gasteiger partial charge in [0.2, 0.25) is 5.88 Å². The van der Waals surface area contributed by atoms with Crippen molar-refractivity contribution in [3.05, 3.63) is 59.9 Å². The molecule has 1 aromatic carbocycles. The zero-order valence-corrected chi connectivity index (χ0v) is 17.0. The van der Waals surface area contributed by atoms with Crippen molar-refractivity contribution >= 4 is 5.91 Å². The maximum Gasteiger partial charge on any atom is 0.252 e. The third-order valence-electron chi connectivity index (χ3n) is 5.10. The third-order valence-corrected chi connectivity index (χ3v) is 5.10. The molecule has 1 saturated carbocycles. The van der Waals surface area contributed by atoms with Crippen LogP contribution in [0.5, 0.6) is 5.88 Å². The van der Waals surface area contributed by atoms with Crippen molar-refractivity contribution in [2.75, 3.05) is 19.8 Å². The van der Waals surface area contributed by atoms with Crippen LogP contribution in [0.4, 0.5) is 0 Å². The number of pyridine rings is 1. The topological polar surface area (TPSA) is 113 Å². The predicted octanol–water partition coefficient (Wildman–Crippen LogP) is 3.06. The normalized spacial score (nSPS) is 13.0. The Bertz CT molecular complexity index is 1080. The number of nitriles is 1. The van der Waals surface area contributed by atoms with Crippen molar-refractivity contribution in [2.45, 2.75) is 19.3 Å². The zero-order chi connectivity index (χ0) is 21.6. The number of carbonyl (C=O) groups is 1. The number of aromatic hydroxyl groups is 1. The Labute approximate surface area is 180 Å². The summed E-state index contributed by atoms with van der Waals surface area (Å²) < 4.78 is 6.85. The molecule has 2 heterocycles. The summed E-state index contributed by atoms with van der Waals surface area (Å²) in [6.45, 7) is 2.01. The van der Waals surface area contributed by atoms with Crippen LogP contribution in [0.1, 0.15) is 35.2 Å². The summed E-state index contributed by atoms with van der Waals surface area (Å²) in [5, 5.41) is 26.5. The highest BCUT2D eigenvalue weighted by Gasteiger charge is 2.20. The summed E-state index contributed by atoms with van der Waals surface area (Å²) in [5.41, 5.74) is 2.23. The molecule has 0 atom stereocenters. The molecule has 1 amide bonds. The Morgan fingerprint density at radius 2 is 2.03 bits per heavy atom. The van der Waals surface area contributed by atoms with Gasteiger partial charge in [-0.25, -0.2) is 4.98 Å². The molecule has 1 aliphatic rings. The maximum absolute atomic E-state index is 12.3. The van der Waals surface area contributed by atoms with Crippen LogP contribution >= 0.6 is 0 Å².